The van der Waals surface area contributed by atoms with E-state index in [1.165, 1.54) is 0 Å². The van der Waals surface area contributed by atoms with Crippen molar-refractivity contribution >= 4 is 12.0 Å². The van der Waals surface area contributed by atoms with Crippen molar-refractivity contribution < 1.29 is 9.13 Å². The van der Waals surface area contributed by atoms with E-state index >= 15 is 0 Å². The largest absolute Gasteiger partial charge is 0.459 e. The molecule has 1 heterocycles. The van der Waals surface area contributed by atoms with Gasteiger partial charge in [-0.2, -0.15) is 10.1 Å². The summed E-state index contributed by atoms with van der Waals surface area (Å²) in [5.41, 5.74) is 3.58. The number of aromatic nitrogens is 2. The fourth-order valence-electron chi connectivity index (χ4n) is 1.67. The zero-order valence-corrected chi connectivity index (χ0v) is 11.4. The standard InChI is InChI=1S/C15H15FN4O/c16-13-9-17-15(21-10-12-4-2-1-3-5-12)19-14(13)20-18-8-11-6-7-11/h1-5,8-9,11H,6-7,10H2,(H,17,19,20)/b18-8+. The van der Waals surface area contributed by atoms with E-state index in [9.17, 15) is 4.39 Å². The molecule has 1 aliphatic carbocycles. The maximum absolute atomic E-state index is 13.6. The number of ether oxygens (including phenoxy) is 1. The number of nitrogens with zero attached hydrogens (tertiary/aromatic N) is 3. The second-order valence-electron chi connectivity index (χ2n) is 4.85. The molecule has 0 atom stereocenters. The Bertz CT molecular complexity index is 629. The molecular formula is C15H15FN4O. The summed E-state index contributed by atoms with van der Waals surface area (Å²) in [6.45, 7) is 0.331. The Morgan fingerprint density at radius 2 is 2.14 bits per heavy atom. The minimum Gasteiger partial charge on any atom is -0.459 e. The summed E-state index contributed by atoms with van der Waals surface area (Å²) in [6.07, 6.45) is 5.13. The molecule has 0 bridgehead atoms. The summed E-state index contributed by atoms with van der Waals surface area (Å²) < 4.78 is 19.0. The molecule has 1 aliphatic rings. The average molecular weight is 286 g/mol. The van der Waals surface area contributed by atoms with Gasteiger partial charge in [0.1, 0.15) is 6.61 Å². The van der Waals surface area contributed by atoms with Crippen LogP contribution in [0.3, 0.4) is 0 Å². The zero-order chi connectivity index (χ0) is 14.5. The topological polar surface area (TPSA) is 59.4 Å². The van der Waals surface area contributed by atoms with Crippen molar-refractivity contribution in [1.82, 2.24) is 9.97 Å². The Labute approximate surface area is 121 Å². The predicted molar refractivity (Wildman–Crippen MR) is 77.6 cm³/mol. The third-order valence-electron chi connectivity index (χ3n) is 3.01. The molecule has 21 heavy (non-hydrogen) atoms. The Hall–Kier alpha value is -2.50. The number of hydrazone groups is 1. The molecule has 5 nitrogen and oxygen atoms in total. The van der Waals surface area contributed by atoms with Crippen molar-refractivity contribution in [3.05, 3.63) is 47.9 Å². The Kier molecular flexibility index (Phi) is 4.04. The van der Waals surface area contributed by atoms with Crippen molar-refractivity contribution in [3.63, 3.8) is 0 Å². The lowest BCUT2D eigenvalue weighted by Gasteiger charge is -2.06. The number of anilines is 1. The smallest absolute Gasteiger partial charge is 0.318 e. The van der Waals surface area contributed by atoms with Gasteiger partial charge in [0.05, 0.1) is 6.20 Å². The van der Waals surface area contributed by atoms with Gasteiger partial charge in [-0.25, -0.2) is 9.37 Å². The summed E-state index contributed by atoms with van der Waals surface area (Å²) >= 11 is 0. The third-order valence-corrected chi connectivity index (χ3v) is 3.01. The van der Waals surface area contributed by atoms with Crippen LogP contribution in [0.5, 0.6) is 6.01 Å². The highest BCUT2D eigenvalue weighted by molar-refractivity contribution is 5.64. The molecule has 1 aromatic heterocycles. The summed E-state index contributed by atoms with van der Waals surface area (Å²) in [7, 11) is 0. The molecular weight excluding hydrogens is 271 g/mol. The van der Waals surface area contributed by atoms with E-state index in [0.29, 0.717) is 12.5 Å². The maximum Gasteiger partial charge on any atom is 0.318 e. The van der Waals surface area contributed by atoms with E-state index < -0.39 is 5.82 Å². The second kappa shape index (κ2) is 6.30. The Morgan fingerprint density at radius 1 is 1.33 bits per heavy atom. The second-order valence-corrected chi connectivity index (χ2v) is 4.85. The SMILES string of the molecule is Fc1cnc(OCc2ccccc2)nc1N/N=C/C1CC1. The Balaban J connectivity index is 1.62. The van der Waals surface area contributed by atoms with Crippen molar-refractivity contribution in [2.45, 2.75) is 19.4 Å². The summed E-state index contributed by atoms with van der Waals surface area (Å²) in [5.74, 6) is -0.0313. The highest BCUT2D eigenvalue weighted by Crippen LogP contribution is 2.26. The summed E-state index contributed by atoms with van der Waals surface area (Å²) in [6, 6.07) is 9.75. The molecule has 2 aromatic rings. The van der Waals surface area contributed by atoms with Gasteiger partial charge in [-0.05, 0) is 24.3 Å². The molecule has 0 radical (unpaired) electrons. The fourth-order valence-corrected chi connectivity index (χ4v) is 1.67. The van der Waals surface area contributed by atoms with Crippen molar-refractivity contribution in [1.29, 1.82) is 0 Å². The van der Waals surface area contributed by atoms with Crippen molar-refractivity contribution in [2.75, 3.05) is 5.43 Å². The van der Waals surface area contributed by atoms with Crippen LogP contribution in [-0.2, 0) is 6.61 Å². The lowest BCUT2D eigenvalue weighted by atomic mass is 10.2. The number of halogens is 1. The van der Waals surface area contributed by atoms with Crippen LogP contribution in [0.2, 0.25) is 0 Å². The maximum atomic E-state index is 13.6. The van der Waals surface area contributed by atoms with Gasteiger partial charge < -0.3 is 4.74 Å². The first-order valence-corrected chi connectivity index (χ1v) is 6.80. The van der Waals surface area contributed by atoms with Crippen LogP contribution < -0.4 is 10.2 Å². The van der Waals surface area contributed by atoms with Crippen molar-refractivity contribution in [3.8, 4) is 6.01 Å². The molecule has 3 rings (SSSR count). The van der Waals surface area contributed by atoms with Crippen LogP contribution in [0.15, 0.2) is 41.6 Å². The monoisotopic (exact) mass is 286 g/mol. The molecule has 0 amide bonds. The van der Waals surface area contributed by atoms with Gasteiger partial charge >= 0.3 is 6.01 Å². The molecule has 0 aliphatic heterocycles. The third kappa shape index (κ3) is 3.98. The van der Waals surface area contributed by atoms with Gasteiger partial charge in [-0.15, -0.1) is 0 Å². The van der Waals surface area contributed by atoms with Crippen LogP contribution in [0.1, 0.15) is 18.4 Å². The van der Waals surface area contributed by atoms with Gasteiger partial charge in [-0.1, -0.05) is 30.3 Å². The van der Waals surface area contributed by atoms with Gasteiger partial charge in [0, 0.05) is 6.21 Å². The normalized spacial score (nSPS) is 14.3. The minimum absolute atomic E-state index is 0.0185. The van der Waals surface area contributed by atoms with Gasteiger partial charge in [-0.3, -0.25) is 5.43 Å². The van der Waals surface area contributed by atoms with Crippen molar-refractivity contribution in [2.24, 2.45) is 11.0 Å². The quantitative estimate of drug-likeness (QED) is 0.655. The first-order valence-electron chi connectivity index (χ1n) is 6.80. The Morgan fingerprint density at radius 3 is 2.90 bits per heavy atom. The van der Waals surface area contributed by atoms with Crippen LogP contribution in [0.25, 0.3) is 0 Å². The molecule has 1 saturated carbocycles. The van der Waals surface area contributed by atoms with Crippen LogP contribution in [0, 0.1) is 11.7 Å². The lowest BCUT2D eigenvalue weighted by Crippen LogP contribution is -2.03. The first kappa shape index (κ1) is 13.5. The molecule has 1 aromatic carbocycles. The molecule has 1 N–H and O–H groups in total. The van der Waals surface area contributed by atoms with Gasteiger partial charge in [0.15, 0.2) is 11.6 Å². The summed E-state index contributed by atoms with van der Waals surface area (Å²) in [5, 5.41) is 3.96. The minimum atomic E-state index is -0.560. The van der Waals surface area contributed by atoms with E-state index in [2.05, 4.69) is 20.5 Å². The molecule has 6 heteroatoms. The molecule has 0 spiro atoms. The fraction of sp³-hybridized carbons (Fsp3) is 0.267. The highest BCUT2D eigenvalue weighted by Gasteiger charge is 2.18. The number of hydrogen-bond donors (Lipinski definition) is 1. The van der Waals surface area contributed by atoms with E-state index in [1.54, 1.807) is 6.21 Å². The number of nitrogens with one attached hydrogen (secondary N) is 1. The molecule has 108 valence electrons. The highest BCUT2D eigenvalue weighted by atomic mass is 19.1. The average Bonchev–Trinajstić information content (AvgIpc) is 3.33. The number of benzene rings is 1. The van der Waals surface area contributed by atoms with Crippen LogP contribution in [0.4, 0.5) is 10.2 Å². The molecule has 1 fully saturated rings. The van der Waals surface area contributed by atoms with E-state index in [4.69, 9.17) is 4.74 Å². The van der Waals surface area contributed by atoms with Crippen LogP contribution in [-0.4, -0.2) is 16.2 Å². The predicted octanol–water partition coefficient (Wildman–Crippen LogP) is 3.00. The first-order chi connectivity index (χ1) is 10.3. The van der Waals surface area contributed by atoms with Gasteiger partial charge in [0.25, 0.3) is 0 Å². The molecule has 0 unspecified atom stereocenters. The number of rotatable bonds is 6. The van der Waals surface area contributed by atoms with E-state index in [0.717, 1.165) is 24.6 Å². The van der Waals surface area contributed by atoms with E-state index in [1.807, 2.05) is 30.3 Å². The van der Waals surface area contributed by atoms with Crippen LogP contribution >= 0.6 is 0 Å². The van der Waals surface area contributed by atoms with Gasteiger partial charge in [0.2, 0.25) is 0 Å². The lowest BCUT2D eigenvalue weighted by molar-refractivity contribution is 0.280. The molecule has 0 saturated heterocycles. The zero-order valence-electron chi connectivity index (χ0n) is 11.4. The van der Waals surface area contributed by atoms with E-state index in [-0.39, 0.29) is 11.8 Å². The number of hydrogen-bond acceptors (Lipinski definition) is 5. The summed E-state index contributed by atoms with van der Waals surface area (Å²) in [4.78, 5) is 7.78.